The number of rotatable bonds is 17. The first-order valence-corrected chi connectivity index (χ1v) is 16.0. The molecule has 0 atom stereocenters. The molecule has 0 heterocycles. The van der Waals surface area contributed by atoms with E-state index in [0.717, 1.165) is 12.0 Å². The van der Waals surface area contributed by atoms with Crippen LogP contribution < -0.4 is 0 Å². The molecular weight excluding hydrogens is 447 g/mol. The van der Waals surface area contributed by atoms with E-state index in [1.807, 2.05) is 18.2 Å². The Labute approximate surface area is 222 Å². The van der Waals surface area contributed by atoms with Gasteiger partial charge in [0.05, 0.1) is 0 Å². The number of phenolic OH excluding ortho intramolecular Hbond substituents is 1. The zero-order chi connectivity index (χ0) is 25.2. The maximum absolute atomic E-state index is 9.55. The van der Waals surface area contributed by atoms with Crippen molar-refractivity contribution in [3.8, 4) is 5.75 Å². The van der Waals surface area contributed by atoms with Crippen LogP contribution in [-0.2, 0) is 16.8 Å². The summed E-state index contributed by atoms with van der Waals surface area (Å²) in [5.74, 6) is 0.450. The molecule has 33 heavy (non-hydrogen) atoms. The fourth-order valence-corrected chi connectivity index (χ4v) is 4.06. The molecule has 1 aromatic carbocycles. The van der Waals surface area contributed by atoms with Crippen LogP contribution in [0, 0.1) is 0 Å². The first-order chi connectivity index (χ1) is 15.8. The van der Waals surface area contributed by atoms with E-state index in [-0.39, 0.29) is 0 Å². The molecule has 0 bridgehead atoms. The Balaban J connectivity index is 0. The van der Waals surface area contributed by atoms with Crippen molar-refractivity contribution in [1.29, 1.82) is 0 Å². The molecule has 190 valence electrons. The Bertz CT molecular complexity index is 605. The van der Waals surface area contributed by atoms with Gasteiger partial charge in [0, 0.05) is 0 Å². The maximum atomic E-state index is 9.55. The molecule has 0 aliphatic heterocycles. The average Bonchev–Trinajstić information content (AvgIpc) is 2.75. The van der Waals surface area contributed by atoms with E-state index in [0.29, 0.717) is 5.75 Å². The van der Waals surface area contributed by atoms with Crippen molar-refractivity contribution in [2.45, 2.75) is 127 Å². The number of para-hydroxylation sites is 1. The van der Waals surface area contributed by atoms with Crippen molar-refractivity contribution in [2.24, 2.45) is 0 Å². The van der Waals surface area contributed by atoms with Crippen molar-refractivity contribution >= 4 is 38.3 Å². The van der Waals surface area contributed by atoms with Crippen LogP contribution in [0.4, 0.5) is 0 Å². The number of benzene rings is 1. The molecule has 0 saturated heterocycles. The molecule has 0 unspecified atom stereocenters. The van der Waals surface area contributed by atoms with Gasteiger partial charge in [-0.15, -0.1) is 0 Å². The van der Waals surface area contributed by atoms with Gasteiger partial charge in [0.15, 0.2) is 0 Å². The monoisotopic (exact) mass is 496 g/mol. The topological polar surface area (TPSA) is 94.8 Å². The Kier molecular flexibility index (Phi) is 28.1. The molecule has 0 spiro atoms. The predicted molar refractivity (Wildman–Crippen MR) is 142 cm³/mol. The van der Waals surface area contributed by atoms with Gasteiger partial charge < -0.3 is 5.11 Å². The third kappa shape index (κ3) is 34.1. The fourth-order valence-electron chi connectivity index (χ4n) is 3.56. The standard InChI is InChI=1S/C14H22O.C12H25.Na.H2O4S/c1-2-3-4-5-6-7-10-13-11-8-9-12-14(13)15;1-3-5-7-9-11-12-10-8-6-4-2;;1-5(2,3)4/h8-9,11-12,15H,2-7,10H2,1H3;1,3-12H2,2H3;;(H2,1,2,3,4). The molecular formula is C26H49NaO5S. The largest absolute Gasteiger partial charge is 0.508 e. The van der Waals surface area contributed by atoms with E-state index < -0.39 is 10.4 Å². The second-order valence-corrected chi connectivity index (χ2v) is 10.7. The predicted octanol–water partition coefficient (Wildman–Crippen LogP) is 8.14. The molecule has 0 saturated carbocycles. The van der Waals surface area contributed by atoms with Crippen LogP contribution in [0.15, 0.2) is 24.3 Å². The molecule has 0 amide bonds. The van der Waals surface area contributed by atoms with Crippen molar-refractivity contribution < 1.29 is 22.6 Å². The van der Waals surface area contributed by atoms with E-state index in [1.54, 1.807) is 6.07 Å². The van der Waals surface area contributed by atoms with Crippen molar-refractivity contribution in [1.82, 2.24) is 0 Å². The molecule has 1 aromatic rings. The molecule has 0 aromatic heterocycles. The number of hydrogen-bond acceptors (Lipinski definition) is 3. The van der Waals surface area contributed by atoms with Gasteiger partial charge in [-0.2, -0.15) is 8.42 Å². The molecule has 0 aliphatic rings. The van der Waals surface area contributed by atoms with Crippen LogP contribution in [0.25, 0.3) is 0 Å². The van der Waals surface area contributed by atoms with Crippen LogP contribution in [0.3, 0.4) is 0 Å². The third-order valence-corrected chi connectivity index (χ3v) is 6.21. The maximum Gasteiger partial charge on any atom is 0.394 e. The van der Waals surface area contributed by atoms with Crippen molar-refractivity contribution in [3.63, 3.8) is 0 Å². The number of phenols is 1. The number of hydrogen-bond donors (Lipinski definition) is 3. The Morgan fingerprint density at radius 2 is 1.03 bits per heavy atom. The fraction of sp³-hybridized carbons (Fsp3) is 0.769. The quantitative estimate of drug-likeness (QED) is 0.115. The third-order valence-electron chi connectivity index (χ3n) is 5.50. The minimum atomic E-state index is -4.67. The smallest absolute Gasteiger partial charge is 0.394 e. The summed E-state index contributed by atoms with van der Waals surface area (Å²) in [5.41, 5.74) is 1.09. The van der Waals surface area contributed by atoms with Gasteiger partial charge >= 0.3 is 113 Å². The van der Waals surface area contributed by atoms with Crippen molar-refractivity contribution in [3.05, 3.63) is 29.8 Å². The second kappa shape index (κ2) is 26.5. The SMILES string of the molecule is CCCCCCCCCCC[CH2][Na].CCCCCCCCc1ccccc1O.O=S(=O)(O)O. The first kappa shape index (κ1) is 35.1. The number of aromatic hydroxyl groups is 1. The molecule has 0 fully saturated rings. The Morgan fingerprint density at radius 3 is 1.42 bits per heavy atom. The van der Waals surface area contributed by atoms with Gasteiger partial charge in [0.1, 0.15) is 5.75 Å². The minimum Gasteiger partial charge on any atom is -0.508 e. The summed E-state index contributed by atoms with van der Waals surface area (Å²) in [6, 6.07) is 7.65. The van der Waals surface area contributed by atoms with Crippen LogP contribution in [0.1, 0.15) is 122 Å². The van der Waals surface area contributed by atoms with E-state index in [9.17, 15) is 5.11 Å². The normalized spacial score (nSPS) is 10.7. The minimum absolute atomic E-state index is 0.450. The summed E-state index contributed by atoms with van der Waals surface area (Å²) in [4.78, 5) is 0. The molecule has 0 aliphatic carbocycles. The van der Waals surface area contributed by atoms with Gasteiger partial charge in [-0.25, -0.2) is 0 Å². The van der Waals surface area contributed by atoms with Gasteiger partial charge in [-0.1, -0.05) is 57.2 Å². The zero-order valence-electron chi connectivity index (χ0n) is 21.6. The van der Waals surface area contributed by atoms with Crippen LogP contribution in [0.2, 0.25) is 3.67 Å². The average molecular weight is 497 g/mol. The summed E-state index contributed by atoms with van der Waals surface area (Å²) >= 11 is 1.41. The molecule has 5 nitrogen and oxygen atoms in total. The molecule has 0 radical (unpaired) electrons. The number of unbranched alkanes of at least 4 members (excludes halogenated alkanes) is 14. The van der Waals surface area contributed by atoms with E-state index in [1.165, 1.54) is 134 Å². The van der Waals surface area contributed by atoms with E-state index in [4.69, 9.17) is 17.5 Å². The van der Waals surface area contributed by atoms with Crippen molar-refractivity contribution in [2.75, 3.05) is 0 Å². The van der Waals surface area contributed by atoms with Crippen LogP contribution >= 0.6 is 0 Å². The summed E-state index contributed by atoms with van der Waals surface area (Å²) in [6.45, 7) is 4.52. The summed E-state index contributed by atoms with van der Waals surface area (Å²) < 4.78 is 33.1. The van der Waals surface area contributed by atoms with E-state index in [2.05, 4.69) is 13.8 Å². The summed E-state index contributed by atoms with van der Waals surface area (Å²) in [6.07, 6.45) is 23.6. The van der Waals surface area contributed by atoms with Gasteiger partial charge in [0.25, 0.3) is 0 Å². The summed E-state index contributed by atoms with van der Waals surface area (Å²) in [5, 5.41) is 9.55. The van der Waals surface area contributed by atoms with Gasteiger partial charge in [-0.05, 0) is 24.5 Å². The van der Waals surface area contributed by atoms with Crippen LogP contribution in [-0.4, -0.2) is 50.6 Å². The van der Waals surface area contributed by atoms with E-state index >= 15 is 0 Å². The molecule has 7 heteroatoms. The van der Waals surface area contributed by atoms with Gasteiger partial charge in [-0.3, -0.25) is 9.11 Å². The first-order valence-electron chi connectivity index (χ1n) is 13.2. The Morgan fingerprint density at radius 1 is 0.667 bits per heavy atom. The number of aryl methyl sites for hydroxylation is 1. The molecule has 1 rings (SSSR count). The summed E-state index contributed by atoms with van der Waals surface area (Å²) in [7, 11) is -4.67. The van der Waals surface area contributed by atoms with Gasteiger partial charge in [0.2, 0.25) is 0 Å². The van der Waals surface area contributed by atoms with Crippen LogP contribution in [0.5, 0.6) is 5.75 Å². The zero-order valence-corrected chi connectivity index (χ0v) is 24.4. The Hall–Kier alpha value is -0.110. The molecule has 3 N–H and O–H groups in total. The second-order valence-electron chi connectivity index (χ2n) is 8.78.